The third-order valence-electron chi connectivity index (χ3n) is 2.58. The Morgan fingerprint density at radius 3 is 2.83 bits per heavy atom. The van der Waals surface area contributed by atoms with E-state index in [2.05, 4.69) is 5.32 Å². The minimum atomic E-state index is -0.315. The molecule has 18 heavy (non-hydrogen) atoms. The van der Waals surface area contributed by atoms with Gasteiger partial charge in [-0.2, -0.15) is 0 Å². The van der Waals surface area contributed by atoms with Gasteiger partial charge in [0, 0.05) is 0 Å². The molecule has 1 unspecified atom stereocenters. The molecule has 0 saturated heterocycles. The third-order valence-corrected chi connectivity index (χ3v) is 2.87. The molecule has 1 aromatic heterocycles. The van der Waals surface area contributed by atoms with E-state index < -0.39 is 0 Å². The molecule has 4 nitrogen and oxygen atoms in total. The Kier molecular flexibility index (Phi) is 3.58. The van der Waals surface area contributed by atoms with Gasteiger partial charge in [0.05, 0.1) is 17.9 Å². The maximum atomic E-state index is 11.9. The topological polar surface area (TPSA) is 62.5 Å². The van der Waals surface area contributed by atoms with Crippen LogP contribution in [0.1, 0.15) is 28.9 Å². The summed E-state index contributed by atoms with van der Waals surface area (Å²) >= 11 is 5.72. The van der Waals surface area contributed by atoms with Crippen LogP contribution in [0.3, 0.4) is 0 Å². The molecule has 5 heteroatoms. The number of carbonyl (C=O) groups is 1. The maximum absolute atomic E-state index is 11.9. The lowest BCUT2D eigenvalue weighted by Gasteiger charge is -2.14. The number of halogens is 1. The number of hydrogen-bond acceptors (Lipinski definition) is 3. The van der Waals surface area contributed by atoms with Gasteiger partial charge in [-0.1, -0.05) is 12.1 Å². The van der Waals surface area contributed by atoms with Gasteiger partial charge in [0.15, 0.2) is 0 Å². The van der Waals surface area contributed by atoms with Crippen molar-refractivity contribution in [3.63, 3.8) is 0 Å². The largest absolute Gasteiger partial charge is 0.508 e. The molecule has 94 valence electrons. The van der Waals surface area contributed by atoms with Crippen LogP contribution in [0.5, 0.6) is 5.75 Å². The molecule has 2 N–H and O–H groups in total. The number of phenolic OH excluding ortho intramolecular Hbond substituents is 1. The van der Waals surface area contributed by atoms with Crippen molar-refractivity contribution >= 4 is 17.5 Å². The van der Waals surface area contributed by atoms with Gasteiger partial charge in [0.2, 0.25) is 5.22 Å². The number of rotatable bonds is 3. The van der Waals surface area contributed by atoms with Gasteiger partial charge in [0.1, 0.15) is 5.75 Å². The Balaban J connectivity index is 2.10. The Morgan fingerprint density at radius 1 is 1.44 bits per heavy atom. The van der Waals surface area contributed by atoms with Gasteiger partial charge in [-0.25, -0.2) is 0 Å². The van der Waals surface area contributed by atoms with Gasteiger partial charge in [-0.15, -0.1) is 0 Å². The average Bonchev–Trinajstić information content (AvgIpc) is 2.75. The first-order chi connectivity index (χ1) is 8.58. The number of aromatic hydroxyl groups is 1. The Bertz CT molecular complexity index is 565. The van der Waals surface area contributed by atoms with E-state index in [1.54, 1.807) is 18.2 Å². The van der Waals surface area contributed by atoms with Gasteiger partial charge < -0.3 is 14.8 Å². The zero-order valence-corrected chi connectivity index (χ0v) is 10.4. The zero-order valence-electron chi connectivity index (χ0n) is 9.68. The molecule has 0 fully saturated rings. The minimum absolute atomic E-state index is 0.0654. The van der Waals surface area contributed by atoms with Crippen LogP contribution in [0.2, 0.25) is 5.22 Å². The van der Waals surface area contributed by atoms with Crippen LogP contribution in [-0.2, 0) is 0 Å². The predicted molar refractivity (Wildman–Crippen MR) is 67.7 cm³/mol. The molecule has 1 heterocycles. The van der Waals surface area contributed by atoms with E-state index in [1.807, 2.05) is 13.0 Å². The van der Waals surface area contributed by atoms with Crippen LogP contribution in [0.15, 0.2) is 41.0 Å². The van der Waals surface area contributed by atoms with E-state index in [0.717, 1.165) is 5.56 Å². The van der Waals surface area contributed by atoms with E-state index in [1.165, 1.54) is 12.3 Å². The van der Waals surface area contributed by atoms with E-state index in [9.17, 15) is 9.90 Å². The van der Waals surface area contributed by atoms with E-state index in [4.69, 9.17) is 16.0 Å². The van der Waals surface area contributed by atoms with Crippen molar-refractivity contribution in [2.24, 2.45) is 0 Å². The fraction of sp³-hybridized carbons (Fsp3) is 0.154. The van der Waals surface area contributed by atoms with Gasteiger partial charge in [-0.3, -0.25) is 4.79 Å². The molecule has 0 radical (unpaired) electrons. The summed E-state index contributed by atoms with van der Waals surface area (Å²) in [6.45, 7) is 1.82. The van der Waals surface area contributed by atoms with Crippen molar-refractivity contribution in [1.29, 1.82) is 0 Å². The summed E-state index contributed by atoms with van der Waals surface area (Å²) in [7, 11) is 0. The van der Waals surface area contributed by atoms with Crippen LogP contribution >= 0.6 is 11.6 Å². The minimum Gasteiger partial charge on any atom is -0.508 e. The number of furan rings is 1. The fourth-order valence-corrected chi connectivity index (χ4v) is 1.81. The van der Waals surface area contributed by atoms with Crippen LogP contribution in [0.4, 0.5) is 0 Å². The van der Waals surface area contributed by atoms with E-state index in [-0.39, 0.29) is 22.9 Å². The molecule has 0 aliphatic carbocycles. The van der Waals surface area contributed by atoms with Gasteiger partial charge in [-0.05, 0) is 42.3 Å². The quantitative estimate of drug-likeness (QED) is 0.896. The molecule has 0 bridgehead atoms. The molecular weight excluding hydrogens is 254 g/mol. The molecule has 1 amide bonds. The third kappa shape index (κ3) is 2.65. The predicted octanol–water partition coefficient (Wildman–Crippen LogP) is 3.13. The van der Waals surface area contributed by atoms with Crippen molar-refractivity contribution < 1.29 is 14.3 Å². The smallest absolute Gasteiger partial charge is 0.256 e. The summed E-state index contributed by atoms with van der Waals surface area (Å²) < 4.78 is 4.86. The summed E-state index contributed by atoms with van der Waals surface area (Å²) in [6.07, 6.45) is 1.36. The molecule has 1 atom stereocenters. The number of phenols is 1. The molecule has 0 spiro atoms. The summed E-state index contributed by atoms with van der Waals surface area (Å²) in [6, 6.07) is 7.98. The van der Waals surface area contributed by atoms with Crippen molar-refractivity contribution in [2.45, 2.75) is 13.0 Å². The van der Waals surface area contributed by atoms with Crippen molar-refractivity contribution in [2.75, 3.05) is 0 Å². The SMILES string of the molecule is CC(NC(=O)c1ccoc1Cl)c1cccc(O)c1. The second kappa shape index (κ2) is 5.14. The Hall–Kier alpha value is -1.94. The number of nitrogens with one attached hydrogen (secondary N) is 1. The summed E-state index contributed by atoms with van der Waals surface area (Å²) in [4.78, 5) is 11.9. The van der Waals surface area contributed by atoms with Gasteiger partial charge in [0.25, 0.3) is 5.91 Å². The lowest BCUT2D eigenvalue weighted by atomic mass is 10.1. The second-order valence-corrected chi connectivity index (χ2v) is 4.24. The van der Waals surface area contributed by atoms with Crippen LogP contribution < -0.4 is 5.32 Å². The Labute approximate surface area is 109 Å². The molecule has 1 aromatic carbocycles. The molecule has 2 rings (SSSR count). The van der Waals surface area contributed by atoms with Crippen molar-refractivity contribution in [3.8, 4) is 5.75 Å². The highest BCUT2D eigenvalue weighted by Crippen LogP contribution is 2.20. The zero-order chi connectivity index (χ0) is 13.1. The van der Waals surface area contributed by atoms with E-state index in [0.29, 0.717) is 5.56 Å². The number of benzene rings is 1. The first-order valence-corrected chi connectivity index (χ1v) is 5.78. The highest BCUT2D eigenvalue weighted by Gasteiger charge is 2.16. The molecular formula is C13H12ClNO3. The van der Waals surface area contributed by atoms with Crippen LogP contribution in [0, 0.1) is 0 Å². The van der Waals surface area contributed by atoms with Crippen molar-refractivity contribution in [1.82, 2.24) is 5.32 Å². The normalized spacial score (nSPS) is 12.1. The lowest BCUT2D eigenvalue weighted by Crippen LogP contribution is -2.26. The molecule has 0 saturated carbocycles. The highest BCUT2D eigenvalue weighted by molar-refractivity contribution is 6.32. The molecule has 0 aliphatic rings. The second-order valence-electron chi connectivity index (χ2n) is 3.90. The van der Waals surface area contributed by atoms with Crippen molar-refractivity contribution in [3.05, 3.63) is 52.9 Å². The monoisotopic (exact) mass is 265 g/mol. The van der Waals surface area contributed by atoms with Gasteiger partial charge >= 0.3 is 0 Å². The Morgan fingerprint density at radius 2 is 2.22 bits per heavy atom. The average molecular weight is 266 g/mol. The molecule has 0 aliphatic heterocycles. The number of carbonyl (C=O) groups excluding carboxylic acids is 1. The number of hydrogen-bond donors (Lipinski definition) is 2. The van der Waals surface area contributed by atoms with E-state index >= 15 is 0 Å². The number of amides is 1. The molecule has 2 aromatic rings. The fourth-order valence-electron chi connectivity index (χ4n) is 1.61. The highest BCUT2D eigenvalue weighted by atomic mass is 35.5. The summed E-state index contributed by atoms with van der Waals surface area (Å²) in [5.41, 5.74) is 1.10. The standard InChI is InChI=1S/C13H12ClNO3/c1-8(9-3-2-4-10(16)7-9)15-13(17)11-5-6-18-12(11)14/h2-8,16H,1H3,(H,15,17). The maximum Gasteiger partial charge on any atom is 0.256 e. The first-order valence-electron chi connectivity index (χ1n) is 5.40. The van der Waals surface area contributed by atoms with Crippen LogP contribution in [0.25, 0.3) is 0 Å². The lowest BCUT2D eigenvalue weighted by molar-refractivity contribution is 0.0939. The first kappa shape index (κ1) is 12.5. The summed E-state index contributed by atoms with van der Waals surface area (Å²) in [5, 5.41) is 12.2. The van der Waals surface area contributed by atoms with Crippen LogP contribution in [-0.4, -0.2) is 11.0 Å². The summed E-state index contributed by atoms with van der Waals surface area (Å²) in [5.74, 6) is -0.153.